The Morgan fingerprint density at radius 3 is 2.93 bits per heavy atom. The highest BCUT2D eigenvalue weighted by molar-refractivity contribution is 9.10. The average Bonchev–Trinajstić information content (AvgIpc) is 2.45. The van der Waals surface area contributed by atoms with Crippen LogP contribution in [-0.4, -0.2) is 11.5 Å². The van der Waals surface area contributed by atoms with Crippen LogP contribution in [0.3, 0.4) is 0 Å². The van der Waals surface area contributed by atoms with Crippen molar-refractivity contribution in [3.05, 3.63) is 28.5 Å². The lowest BCUT2D eigenvalue weighted by atomic mass is 9.65. The Labute approximate surface area is 92.2 Å². The number of hydrogen-bond acceptors (Lipinski definition) is 2. The van der Waals surface area contributed by atoms with Crippen LogP contribution in [0.4, 0.5) is 0 Å². The zero-order valence-electron chi connectivity index (χ0n) is 7.96. The first-order chi connectivity index (χ1) is 6.81. The third-order valence-electron chi connectivity index (χ3n) is 3.76. The van der Waals surface area contributed by atoms with Gasteiger partial charge in [-0.25, -0.2) is 4.98 Å². The van der Waals surface area contributed by atoms with Gasteiger partial charge in [-0.05, 0) is 59.3 Å². The van der Waals surface area contributed by atoms with Crippen LogP contribution in [0.1, 0.15) is 24.8 Å². The lowest BCUT2D eigenvalue weighted by Gasteiger charge is -2.45. The zero-order valence-corrected chi connectivity index (χ0v) is 9.55. The summed E-state index contributed by atoms with van der Waals surface area (Å²) in [5.74, 6) is 0.852. The van der Waals surface area contributed by atoms with Crippen molar-refractivity contribution in [2.24, 2.45) is 5.92 Å². The average molecular weight is 253 g/mol. The Morgan fingerprint density at radius 1 is 1.43 bits per heavy atom. The Kier molecular flexibility index (Phi) is 1.92. The van der Waals surface area contributed by atoms with Crippen LogP contribution < -0.4 is 5.32 Å². The smallest absolute Gasteiger partial charge is 0.106 e. The Hall–Kier alpha value is -0.410. The summed E-state index contributed by atoms with van der Waals surface area (Å²) in [7, 11) is 0. The Balaban J connectivity index is 1.98. The molecule has 2 heterocycles. The molecule has 1 aliphatic carbocycles. The van der Waals surface area contributed by atoms with Crippen LogP contribution in [0, 0.1) is 5.92 Å². The van der Waals surface area contributed by atoms with Crippen LogP contribution in [0.25, 0.3) is 0 Å². The van der Waals surface area contributed by atoms with Crippen molar-refractivity contribution in [1.82, 2.24) is 10.3 Å². The molecule has 0 bridgehead atoms. The predicted molar refractivity (Wildman–Crippen MR) is 59.0 cm³/mol. The SMILES string of the molecule is Brc1ccc(C23CCC2CCN3)cn1. The minimum Gasteiger partial charge on any atom is -0.307 e. The van der Waals surface area contributed by atoms with Crippen molar-refractivity contribution in [3.8, 4) is 0 Å². The first kappa shape index (κ1) is 8.86. The zero-order chi connectivity index (χ0) is 9.60. The molecule has 2 fully saturated rings. The molecule has 0 spiro atoms. The number of nitrogens with one attached hydrogen (secondary N) is 1. The summed E-state index contributed by atoms with van der Waals surface area (Å²) in [6, 6.07) is 4.24. The quantitative estimate of drug-likeness (QED) is 0.777. The van der Waals surface area contributed by atoms with Gasteiger partial charge in [-0.3, -0.25) is 0 Å². The predicted octanol–water partition coefficient (Wildman–Crippen LogP) is 2.44. The molecule has 1 saturated carbocycles. The number of aromatic nitrogens is 1. The van der Waals surface area contributed by atoms with Gasteiger partial charge in [-0.1, -0.05) is 6.07 Å². The first-order valence-corrected chi connectivity index (χ1v) is 5.98. The van der Waals surface area contributed by atoms with Crippen LogP contribution in [-0.2, 0) is 5.54 Å². The molecule has 14 heavy (non-hydrogen) atoms. The van der Waals surface area contributed by atoms with Gasteiger partial charge in [-0.2, -0.15) is 0 Å². The summed E-state index contributed by atoms with van der Waals surface area (Å²) < 4.78 is 0.923. The Bertz CT molecular complexity index is 349. The highest BCUT2D eigenvalue weighted by Gasteiger charge is 2.50. The van der Waals surface area contributed by atoms with Gasteiger partial charge in [0.15, 0.2) is 0 Å². The maximum absolute atomic E-state index is 4.31. The minimum absolute atomic E-state index is 0.285. The van der Waals surface area contributed by atoms with E-state index in [2.05, 4.69) is 32.3 Å². The van der Waals surface area contributed by atoms with Gasteiger partial charge in [0.05, 0.1) is 0 Å². The second-order valence-electron chi connectivity index (χ2n) is 4.29. The summed E-state index contributed by atoms with van der Waals surface area (Å²) in [5.41, 5.74) is 1.66. The molecule has 2 unspecified atom stereocenters. The molecular weight excluding hydrogens is 240 g/mol. The van der Waals surface area contributed by atoms with Gasteiger partial charge in [0, 0.05) is 11.7 Å². The molecule has 0 aromatic carbocycles. The van der Waals surface area contributed by atoms with Crippen LogP contribution in [0.5, 0.6) is 0 Å². The molecular formula is C11H13BrN2. The first-order valence-electron chi connectivity index (χ1n) is 5.18. The van der Waals surface area contributed by atoms with Crippen LogP contribution in [0.2, 0.25) is 0 Å². The lowest BCUT2D eigenvalue weighted by molar-refractivity contribution is 0.136. The number of fused-ring (bicyclic) bond motifs is 1. The molecule has 1 N–H and O–H groups in total. The molecule has 3 heteroatoms. The third-order valence-corrected chi connectivity index (χ3v) is 4.23. The molecule has 3 rings (SSSR count). The van der Waals surface area contributed by atoms with E-state index in [1.807, 2.05) is 12.3 Å². The number of hydrogen-bond donors (Lipinski definition) is 1. The molecule has 0 radical (unpaired) electrons. The van der Waals surface area contributed by atoms with Gasteiger partial charge >= 0.3 is 0 Å². The summed E-state index contributed by atoms with van der Waals surface area (Å²) >= 11 is 3.37. The molecule has 2 aliphatic rings. The van der Waals surface area contributed by atoms with Gasteiger partial charge in [0.1, 0.15) is 4.60 Å². The Morgan fingerprint density at radius 2 is 2.36 bits per heavy atom. The van der Waals surface area contributed by atoms with Crippen molar-refractivity contribution in [2.75, 3.05) is 6.54 Å². The van der Waals surface area contributed by atoms with Crippen LogP contribution in [0.15, 0.2) is 22.9 Å². The van der Waals surface area contributed by atoms with E-state index in [1.165, 1.54) is 31.4 Å². The highest BCUT2D eigenvalue weighted by atomic mass is 79.9. The number of pyridine rings is 1. The maximum atomic E-state index is 4.31. The standard InChI is InChI=1S/C11H13BrN2/c12-10-2-1-9(7-13-10)11-5-3-8(11)4-6-14-11/h1-2,7-8,14H,3-6H2. The van der Waals surface area contributed by atoms with Gasteiger partial charge in [-0.15, -0.1) is 0 Å². The molecule has 2 nitrogen and oxygen atoms in total. The van der Waals surface area contributed by atoms with Crippen molar-refractivity contribution < 1.29 is 0 Å². The molecule has 1 aliphatic heterocycles. The number of rotatable bonds is 1. The van der Waals surface area contributed by atoms with Crippen molar-refractivity contribution in [3.63, 3.8) is 0 Å². The molecule has 1 aromatic heterocycles. The van der Waals surface area contributed by atoms with Crippen molar-refractivity contribution in [2.45, 2.75) is 24.8 Å². The second kappa shape index (κ2) is 3.04. The number of nitrogens with zero attached hydrogens (tertiary/aromatic N) is 1. The molecule has 2 atom stereocenters. The fraction of sp³-hybridized carbons (Fsp3) is 0.545. The van der Waals surface area contributed by atoms with E-state index < -0.39 is 0 Å². The largest absolute Gasteiger partial charge is 0.307 e. The number of halogens is 1. The molecule has 1 saturated heterocycles. The van der Waals surface area contributed by atoms with E-state index in [0.717, 1.165) is 10.5 Å². The molecule has 0 amide bonds. The summed E-state index contributed by atoms with van der Waals surface area (Å²) in [6.45, 7) is 1.17. The second-order valence-corrected chi connectivity index (χ2v) is 5.10. The fourth-order valence-corrected chi connectivity index (χ4v) is 3.09. The summed E-state index contributed by atoms with van der Waals surface area (Å²) in [6.07, 6.45) is 5.99. The van der Waals surface area contributed by atoms with E-state index in [9.17, 15) is 0 Å². The van der Waals surface area contributed by atoms with Gasteiger partial charge in [0.2, 0.25) is 0 Å². The lowest BCUT2D eigenvalue weighted by Crippen LogP contribution is -2.49. The molecule has 1 aromatic rings. The van der Waals surface area contributed by atoms with Crippen molar-refractivity contribution >= 4 is 15.9 Å². The van der Waals surface area contributed by atoms with E-state index in [4.69, 9.17) is 0 Å². The third kappa shape index (κ3) is 1.09. The summed E-state index contributed by atoms with van der Waals surface area (Å²) in [4.78, 5) is 4.31. The summed E-state index contributed by atoms with van der Waals surface area (Å²) in [5, 5.41) is 3.65. The van der Waals surface area contributed by atoms with E-state index in [0.29, 0.717) is 0 Å². The van der Waals surface area contributed by atoms with Crippen LogP contribution >= 0.6 is 15.9 Å². The van der Waals surface area contributed by atoms with Crippen molar-refractivity contribution in [1.29, 1.82) is 0 Å². The van der Waals surface area contributed by atoms with E-state index in [-0.39, 0.29) is 5.54 Å². The fourth-order valence-electron chi connectivity index (χ4n) is 2.85. The maximum Gasteiger partial charge on any atom is 0.106 e. The monoisotopic (exact) mass is 252 g/mol. The van der Waals surface area contributed by atoms with Gasteiger partial charge in [0.25, 0.3) is 0 Å². The topological polar surface area (TPSA) is 24.9 Å². The highest BCUT2D eigenvalue weighted by Crippen LogP contribution is 2.51. The normalized spacial score (nSPS) is 35.1. The molecule has 74 valence electrons. The van der Waals surface area contributed by atoms with E-state index in [1.54, 1.807) is 0 Å². The van der Waals surface area contributed by atoms with E-state index >= 15 is 0 Å². The minimum atomic E-state index is 0.285. The van der Waals surface area contributed by atoms with Gasteiger partial charge < -0.3 is 5.32 Å².